The Balaban J connectivity index is 1.14. The first-order chi connectivity index (χ1) is 16.6. The number of benzene rings is 1. The molecule has 188 valence electrons. The van der Waals surface area contributed by atoms with Crippen molar-refractivity contribution in [3.05, 3.63) is 64.5 Å². The van der Waals surface area contributed by atoms with E-state index in [2.05, 4.69) is 15.2 Å². The molecule has 7 nitrogen and oxygen atoms in total. The number of rotatable bonds is 5. The number of fused-ring (bicyclic) bond motifs is 1. The van der Waals surface area contributed by atoms with Crippen LogP contribution in [-0.2, 0) is 35.3 Å². The summed E-state index contributed by atoms with van der Waals surface area (Å²) in [6.45, 7) is 2.88. The van der Waals surface area contributed by atoms with Crippen LogP contribution in [0.3, 0.4) is 0 Å². The lowest BCUT2D eigenvalue weighted by Crippen LogP contribution is -2.49. The molecule has 1 aromatic carbocycles. The van der Waals surface area contributed by atoms with Crippen molar-refractivity contribution in [3.63, 3.8) is 0 Å². The number of amides is 1. The zero-order valence-corrected chi connectivity index (χ0v) is 19.2. The maximum atomic E-state index is 12.8. The molecule has 2 fully saturated rings. The first kappa shape index (κ1) is 24.2. The Bertz CT molecular complexity index is 1070. The van der Waals surface area contributed by atoms with Gasteiger partial charge in [0.25, 0.3) is 5.91 Å². The van der Waals surface area contributed by atoms with Crippen LogP contribution < -0.4 is 5.32 Å². The molecule has 3 aliphatic rings. The fourth-order valence-electron chi connectivity index (χ4n) is 5.03. The topological polar surface area (TPSA) is 83.9 Å². The second kappa shape index (κ2) is 9.16. The highest BCUT2D eigenvalue weighted by Gasteiger charge is 2.45. The highest BCUT2D eigenvalue weighted by Crippen LogP contribution is 2.40. The number of hydrogen-bond acceptors (Lipinski definition) is 6. The van der Waals surface area contributed by atoms with Gasteiger partial charge in [0, 0.05) is 45.2 Å². The van der Waals surface area contributed by atoms with Gasteiger partial charge in [-0.3, -0.25) is 14.7 Å². The minimum atomic E-state index is -4.35. The average Bonchev–Trinajstić information content (AvgIpc) is 3.46. The van der Waals surface area contributed by atoms with Gasteiger partial charge in [0.15, 0.2) is 5.79 Å². The molecule has 1 amide bonds. The molecule has 2 N–H and O–H groups in total. The second-order valence-corrected chi connectivity index (χ2v) is 9.68. The summed E-state index contributed by atoms with van der Waals surface area (Å²) >= 11 is 0. The summed E-state index contributed by atoms with van der Waals surface area (Å²) in [6, 6.07) is 6.95. The fourth-order valence-corrected chi connectivity index (χ4v) is 5.03. The Morgan fingerprint density at radius 3 is 2.43 bits per heavy atom. The number of carbonyl (C=O) groups excluding carboxylic acids is 1. The molecule has 1 aromatic heterocycles. The van der Waals surface area contributed by atoms with Crippen LogP contribution in [-0.4, -0.2) is 52.0 Å². The smallest absolute Gasteiger partial charge is 0.388 e. The highest BCUT2D eigenvalue weighted by molar-refractivity contribution is 5.94. The van der Waals surface area contributed by atoms with Crippen molar-refractivity contribution in [3.8, 4) is 0 Å². The van der Waals surface area contributed by atoms with Gasteiger partial charge in [-0.1, -0.05) is 12.1 Å². The Morgan fingerprint density at radius 2 is 1.77 bits per heavy atom. The molecule has 0 bridgehead atoms. The lowest BCUT2D eigenvalue weighted by molar-refractivity contribution is -0.201. The van der Waals surface area contributed by atoms with E-state index in [0.717, 1.165) is 29.0 Å². The van der Waals surface area contributed by atoms with Crippen molar-refractivity contribution in [2.75, 3.05) is 19.8 Å². The molecular weight excluding hydrogens is 463 g/mol. The summed E-state index contributed by atoms with van der Waals surface area (Å²) < 4.78 is 49.7. The van der Waals surface area contributed by atoms with E-state index in [9.17, 15) is 23.1 Å². The lowest BCUT2D eigenvalue weighted by atomic mass is 9.81. The number of aliphatic hydroxyl groups is 1. The first-order valence-electron chi connectivity index (χ1n) is 11.8. The quantitative estimate of drug-likeness (QED) is 0.667. The molecule has 1 saturated heterocycles. The van der Waals surface area contributed by atoms with Gasteiger partial charge in [-0.15, -0.1) is 0 Å². The Morgan fingerprint density at radius 1 is 1.09 bits per heavy atom. The number of carbonyl (C=O) groups is 1. The zero-order valence-electron chi connectivity index (χ0n) is 19.2. The molecule has 0 atom stereocenters. The largest absolute Gasteiger partial charge is 0.416 e. The van der Waals surface area contributed by atoms with Crippen LogP contribution in [0.5, 0.6) is 0 Å². The summed E-state index contributed by atoms with van der Waals surface area (Å²) in [5.74, 6) is -0.879. The van der Waals surface area contributed by atoms with E-state index in [1.54, 1.807) is 6.07 Å². The van der Waals surface area contributed by atoms with Crippen molar-refractivity contribution < 1.29 is 32.5 Å². The lowest BCUT2D eigenvalue weighted by Gasteiger charge is -2.40. The van der Waals surface area contributed by atoms with Gasteiger partial charge in [0.2, 0.25) is 0 Å². The molecule has 5 rings (SSSR count). The predicted molar refractivity (Wildman–Crippen MR) is 119 cm³/mol. The maximum absolute atomic E-state index is 12.8. The zero-order chi connectivity index (χ0) is 24.7. The molecule has 0 unspecified atom stereocenters. The Hall–Kier alpha value is -2.53. The maximum Gasteiger partial charge on any atom is 0.416 e. The normalized spacial score (nSPS) is 21.3. The Labute approximate surface area is 201 Å². The van der Waals surface area contributed by atoms with E-state index in [0.29, 0.717) is 64.1 Å². The van der Waals surface area contributed by atoms with Crippen LogP contribution in [0.25, 0.3) is 0 Å². The molecule has 1 spiro atoms. The van der Waals surface area contributed by atoms with E-state index in [1.807, 2.05) is 0 Å². The van der Waals surface area contributed by atoms with Gasteiger partial charge in [-0.25, -0.2) is 0 Å². The molecule has 2 aromatic rings. The van der Waals surface area contributed by atoms with E-state index >= 15 is 0 Å². The van der Waals surface area contributed by atoms with Gasteiger partial charge in [-0.05, 0) is 42.2 Å². The third-order valence-electron chi connectivity index (χ3n) is 7.11. The van der Waals surface area contributed by atoms with Crippen LogP contribution in [0.2, 0.25) is 0 Å². The SMILES string of the molecule is O=C(NCC1(O)CCC2(CC1)OCCO2)c1cnc2c(c1)CN(Cc1ccc(C(F)(F)F)cc1)C2. The number of hydrogen-bond donors (Lipinski definition) is 2. The number of aromatic nitrogens is 1. The average molecular weight is 492 g/mol. The van der Waals surface area contributed by atoms with Crippen LogP contribution in [0.1, 0.15) is 58.4 Å². The highest BCUT2D eigenvalue weighted by atomic mass is 19.4. The fraction of sp³-hybridized carbons (Fsp3) is 0.520. The van der Waals surface area contributed by atoms with Crippen LogP contribution in [0, 0.1) is 0 Å². The van der Waals surface area contributed by atoms with Crippen molar-refractivity contribution in [1.82, 2.24) is 15.2 Å². The molecule has 1 aliphatic carbocycles. The number of halogens is 3. The predicted octanol–water partition coefficient (Wildman–Crippen LogP) is 3.39. The van der Waals surface area contributed by atoms with Crippen LogP contribution >= 0.6 is 0 Å². The van der Waals surface area contributed by atoms with Gasteiger partial charge < -0.3 is 19.9 Å². The summed E-state index contributed by atoms with van der Waals surface area (Å²) in [5, 5.41) is 13.7. The first-order valence-corrected chi connectivity index (χ1v) is 11.8. The van der Waals surface area contributed by atoms with Crippen molar-refractivity contribution in [2.24, 2.45) is 0 Å². The van der Waals surface area contributed by atoms with Gasteiger partial charge in [0.05, 0.1) is 35.6 Å². The minimum absolute atomic E-state index is 0.138. The van der Waals surface area contributed by atoms with E-state index in [4.69, 9.17) is 9.47 Å². The van der Waals surface area contributed by atoms with Gasteiger partial charge in [0.1, 0.15) is 0 Å². The van der Waals surface area contributed by atoms with Crippen molar-refractivity contribution in [2.45, 2.75) is 62.9 Å². The van der Waals surface area contributed by atoms with Crippen molar-refractivity contribution in [1.29, 1.82) is 0 Å². The van der Waals surface area contributed by atoms with Gasteiger partial charge >= 0.3 is 6.18 Å². The number of ether oxygens (including phenoxy) is 2. The van der Waals surface area contributed by atoms with Gasteiger partial charge in [-0.2, -0.15) is 13.2 Å². The van der Waals surface area contributed by atoms with Crippen LogP contribution in [0.4, 0.5) is 13.2 Å². The molecule has 35 heavy (non-hydrogen) atoms. The third kappa shape index (κ3) is 5.35. The number of nitrogens with one attached hydrogen (secondary N) is 1. The molecule has 3 heterocycles. The standard InChI is InChI=1S/C25H28F3N3O4/c26-25(27,28)20-3-1-17(2-4-20)13-31-14-19-11-18(12-29-21(19)15-31)22(32)30-16-23(33)5-7-24(8-6-23)34-9-10-35-24/h1-4,11-12,33H,5-10,13-16H2,(H,30,32). The van der Waals surface area contributed by atoms with Crippen LogP contribution in [0.15, 0.2) is 36.5 Å². The summed E-state index contributed by atoms with van der Waals surface area (Å²) in [4.78, 5) is 19.2. The minimum Gasteiger partial charge on any atom is -0.388 e. The molecule has 0 radical (unpaired) electrons. The molecular formula is C25H28F3N3O4. The van der Waals surface area contributed by atoms with E-state index in [-0.39, 0.29) is 12.5 Å². The summed E-state index contributed by atoms with van der Waals surface area (Å²) in [7, 11) is 0. The third-order valence-corrected chi connectivity index (χ3v) is 7.11. The summed E-state index contributed by atoms with van der Waals surface area (Å²) in [5.41, 5.74) is 1.29. The summed E-state index contributed by atoms with van der Waals surface area (Å²) in [6.07, 6.45) is -0.681. The second-order valence-electron chi connectivity index (χ2n) is 9.68. The monoisotopic (exact) mass is 491 g/mol. The molecule has 10 heteroatoms. The van der Waals surface area contributed by atoms with Crippen molar-refractivity contribution >= 4 is 5.91 Å². The van der Waals surface area contributed by atoms with E-state index in [1.165, 1.54) is 18.3 Å². The number of pyridine rings is 1. The Kier molecular flexibility index (Phi) is 6.33. The molecule has 1 saturated carbocycles. The number of nitrogens with zero attached hydrogens (tertiary/aromatic N) is 2. The number of alkyl halides is 3. The van der Waals surface area contributed by atoms with E-state index < -0.39 is 23.1 Å². The molecule has 2 aliphatic heterocycles.